The molecule has 0 unspecified atom stereocenters. The van der Waals surface area contributed by atoms with Crippen LogP contribution in [0.2, 0.25) is 0 Å². The van der Waals surface area contributed by atoms with Crippen molar-refractivity contribution in [2.75, 3.05) is 6.54 Å². The van der Waals surface area contributed by atoms with Gasteiger partial charge in [0, 0.05) is 30.0 Å². The summed E-state index contributed by atoms with van der Waals surface area (Å²) in [7, 11) is -4.01. The van der Waals surface area contributed by atoms with Gasteiger partial charge in [-0.05, 0) is 49.6 Å². The Hall–Kier alpha value is -2.72. The molecule has 0 radical (unpaired) electrons. The third kappa shape index (κ3) is 5.64. The number of carbonyl (C=O) groups excluding carboxylic acids is 3. The number of sulfonamides is 1. The molecular formula is C26H30BrN3O5S. The highest BCUT2D eigenvalue weighted by molar-refractivity contribution is 9.10. The molecule has 0 spiro atoms. The van der Waals surface area contributed by atoms with Crippen LogP contribution in [0.3, 0.4) is 0 Å². The van der Waals surface area contributed by atoms with Gasteiger partial charge in [-0.25, -0.2) is 12.7 Å². The highest BCUT2D eigenvalue weighted by atomic mass is 79.9. The minimum Gasteiger partial charge on any atom is -0.352 e. The first-order valence-corrected chi connectivity index (χ1v) is 14.4. The van der Waals surface area contributed by atoms with Crippen molar-refractivity contribution in [1.29, 1.82) is 0 Å². The van der Waals surface area contributed by atoms with Crippen LogP contribution in [-0.2, 0) is 26.2 Å². The highest BCUT2D eigenvalue weighted by Crippen LogP contribution is 2.30. The van der Waals surface area contributed by atoms with E-state index in [-0.39, 0.29) is 41.9 Å². The van der Waals surface area contributed by atoms with E-state index in [0.29, 0.717) is 0 Å². The number of carbonyl (C=O) groups is 3. The topological polar surface area (TPSA) is 104 Å². The standard InChI is InChI=1S/C26H30BrN3O5S/c1-18(25(32)28-21-10-3-2-4-11-21)29(17-19-8-7-9-20(27)16-19)24(31)14-15-30-26(33)22-12-5-6-13-23(22)36(30,34)35/h5-9,12-13,16,18,21H,2-4,10-11,14-15,17H2,1H3,(H,28,32)/t18-/m1/s1. The second-order valence-corrected chi connectivity index (χ2v) is 12.0. The van der Waals surface area contributed by atoms with Crippen LogP contribution in [0.25, 0.3) is 0 Å². The molecule has 8 nitrogen and oxygen atoms in total. The zero-order chi connectivity index (χ0) is 25.9. The molecule has 0 saturated heterocycles. The summed E-state index contributed by atoms with van der Waals surface area (Å²) in [4.78, 5) is 40.7. The van der Waals surface area contributed by atoms with Gasteiger partial charge in [-0.2, -0.15) is 0 Å². The normalized spacial score (nSPS) is 17.9. The van der Waals surface area contributed by atoms with Crippen LogP contribution in [0, 0.1) is 0 Å². The predicted octanol–water partition coefficient (Wildman–Crippen LogP) is 3.85. The van der Waals surface area contributed by atoms with Gasteiger partial charge in [-0.3, -0.25) is 14.4 Å². The van der Waals surface area contributed by atoms with Crippen molar-refractivity contribution in [1.82, 2.24) is 14.5 Å². The van der Waals surface area contributed by atoms with E-state index in [0.717, 1.165) is 46.4 Å². The third-order valence-electron chi connectivity index (χ3n) is 6.80. The number of hydrogen-bond donors (Lipinski definition) is 1. The maximum absolute atomic E-state index is 13.4. The molecule has 2 aliphatic rings. The van der Waals surface area contributed by atoms with E-state index in [1.54, 1.807) is 19.1 Å². The summed E-state index contributed by atoms with van der Waals surface area (Å²) in [6.07, 6.45) is 4.92. The molecule has 3 amide bonds. The summed E-state index contributed by atoms with van der Waals surface area (Å²) in [5.74, 6) is -1.28. The number of rotatable bonds is 8. The van der Waals surface area contributed by atoms with Gasteiger partial charge in [0.05, 0.1) is 5.56 Å². The monoisotopic (exact) mass is 575 g/mol. The quantitative estimate of drug-likeness (QED) is 0.515. The van der Waals surface area contributed by atoms with Gasteiger partial charge in [-0.1, -0.05) is 59.5 Å². The van der Waals surface area contributed by atoms with E-state index in [9.17, 15) is 22.8 Å². The SMILES string of the molecule is C[C@H](C(=O)NC1CCCCC1)N(Cc1cccc(Br)c1)C(=O)CCN1C(=O)c2ccccc2S1(=O)=O. The zero-order valence-corrected chi connectivity index (χ0v) is 22.6. The molecule has 4 rings (SSSR count). The molecule has 1 atom stereocenters. The average molecular weight is 577 g/mol. The summed E-state index contributed by atoms with van der Waals surface area (Å²) < 4.78 is 27.4. The molecule has 1 aliphatic carbocycles. The Morgan fingerprint density at radius 1 is 1.11 bits per heavy atom. The van der Waals surface area contributed by atoms with E-state index in [1.807, 2.05) is 24.3 Å². The lowest BCUT2D eigenvalue weighted by molar-refractivity contribution is -0.141. The van der Waals surface area contributed by atoms with Gasteiger partial charge in [0.25, 0.3) is 15.9 Å². The number of fused-ring (bicyclic) bond motifs is 1. The van der Waals surface area contributed by atoms with Gasteiger partial charge < -0.3 is 10.2 Å². The van der Waals surface area contributed by atoms with Crippen molar-refractivity contribution in [3.05, 3.63) is 64.1 Å². The Labute approximate surface area is 220 Å². The van der Waals surface area contributed by atoms with Gasteiger partial charge in [-0.15, -0.1) is 0 Å². The lowest BCUT2D eigenvalue weighted by Gasteiger charge is -2.31. The van der Waals surface area contributed by atoms with Crippen molar-refractivity contribution in [3.8, 4) is 0 Å². The van der Waals surface area contributed by atoms with Crippen molar-refractivity contribution in [2.45, 2.75) is 69.0 Å². The number of benzene rings is 2. The molecule has 2 aromatic rings. The van der Waals surface area contributed by atoms with Gasteiger partial charge in [0.15, 0.2) is 0 Å². The number of halogens is 1. The molecule has 1 aliphatic heterocycles. The second kappa shape index (κ2) is 11.1. The summed E-state index contributed by atoms with van der Waals surface area (Å²) in [6, 6.07) is 12.8. The summed E-state index contributed by atoms with van der Waals surface area (Å²) >= 11 is 3.44. The molecule has 36 heavy (non-hydrogen) atoms. The molecular weight excluding hydrogens is 546 g/mol. The number of nitrogens with zero attached hydrogens (tertiary/aromatic N) is 2. The fourth-order valence-corrected chi connectivity index (χ4v) is 6.79. The Morgan fingerprint density at radius 2 is 1.83 bits per heavy atom. The lowest BCUT2D eigenvalue weighted by Crippen LogP contribution is -2.50. The largest absolute Gasteiger partial charge is 0.352 e. The first kappa shape index (κ1) is 26.3. The van der Waals surface area contributed by atoms with Crippen LogP contribution < -0.4 is 5.32 Å². The predicted molar refractivity (Wildman–Crippen MR) is 138 cm³/mol. The number of amides is 3. The third-order valence-corrected chi connectivity index (χ3v) is 9.14. The first-order valence-electron chi connectivity index (χ1n) is 12.2. The molecule has 1 heterocycles. The number of nitrogens with one attached hydrogen (secondary N) is 1. The van der Waals surface area contributed by atoms with Crippen LogP contribution in [0.15, 0.2) is 57.9 Å². The maximum atomic E-state index is 13.4. The molecule has 0 bridgehead atoms. The van der Waals surface area contributed by atoms with Crippen molar-refractivity contribution in [2.24, 2.45) is 0 Å². The lowest BCUT2D eigenvalue weighted by atomic mass is 9.95. The van der Waals surface area contributed by atoms with Crippen molar-refractivity contribution >= 4 is 43.7 Å². The van der Waals surface area contributed by atoms with Crippen LogP contribution in [0.4, 0.5) is 0 Å². The Bertz CT molecular complexity index is 1260. The Balaban J connectivity index is 1.50. The van der Waals surface area contributed by atoms with E-state index in [4.69, 9.17) is 0 Å². The van der Waals surface area contributed by atoms with Gasteiger partial charge >= 0.3 is 0 Å². The first-order chi connectivity index (χ1) is 17.2. The average Bonchev–Trinajstić information content (AvgIpc) is 3.06. The Kier molecular flexibility index (Phi) is 8.14. The molecule has 2 aromatic carbocycles. The molecule has 192 valence electrons. The van der Waals surface area contributed by atoms with Gasteiger partial charge in [0.1, 0.15) is 10.9 Å². The highest BCUT2D eigenvalue weighted by Gasteiger charge is 2.41. The molecule has 1 N–H and O–H groups in total. The maximum Gasteiger partial charge on any atom is 0.269 e. The minimum absolute atomic E-state index is 0.0475. The van der Waals surface area contributed by atoms with Gasteiger partial charge in [0.2, 0.25) is 11.8 Å². The van der Waals surface area contributed by atoms with Crippen molar-refractivity contribution < 1.29 is 22.8 Å². The fraction of sp³-hybridized carbons (Fsp3) is 0.423. The zero-order valence-electron chi connectivity index (χ0n) is 20.2. The Morgan fingerprint density at radius 3 is 2.53 bits per heavy atom. The van der Waals surface area contributed by atoms with E-state index in [2.05, 4.69) is 21.2 Å². The molecule has 0 aromatic heterocycles. The minimum atomic E-state index is -4.01. The summed E-state index contributed by atoms with van der Waals surface area (Å²) in [6.45, 7) is 1.57. The van der Waals surface area contributed by atoms with E-state index in [1.165, 1.54) is 17.0 Å². The molecule has 1 fully saturated rings. The van der Waals surface area contributed by atoms with Crippen molar-refractivity contribution in [3.63, 3.8) is 0 Å². The van der Waals surface area contributed by atoms with Crippen LogP contribution in [-0.4, -0.2) is 54.0 Å². The second-order valence-electron chi connectivity index (χ2n) is 9.30. The molecule has 10 heteroatoms. The number of hydrogen-bond acceptors (Lipinski definition) is 5. The van der Waals surface area contributed by atoms with Crippen LogP contribution >= 0.6 is 15.9 Å². The summed E-state index contributed by atoms with van der Waals surface area (Å²) in [5, 5.41) is 3.08. The van der Waals surface area contributed by atoms with Crippen LogP contribution in [0.5, 0.6) is 0 Å². The summed E-state index contributed by atoms with van der Waals surface area (Å²) in [5.41, 5.74) is 0.934. The smallest absolute Gasteiger partial charge is 0.269 e. The van der Waals surface area contributed by atoms with E-state index < -0.39 is 27.9 Å². The molecule has 1 saturated carbocycles. The fourth-order valence-electron chi connectivity index (χ4n) is 4.78. The van der Waals surface area contributed by atoms with Crippen LogP contribution in [0.1, 0.15) is 61.4 Å². The van der Waals surface area contributed by atoms with E-state index >= 15 is 0 Å².